The smallest absolute Gasteiger partial charge is 0.256 e. The molecule has 0 bridgehead atoms. The third-order valence-electron chi connectivity index (χ3n) is 6.98. The molecule has 1 amide bonds. The summed E-state index contributed by atoms with van der Waals surface area (Å²) in [4.78, 5) is 25.5. The summed E-state index contributed by atoms with van der Waals surface area (Å²) in [5, 5.41) is 19.6. The average Bonchev–Trinajstić information content (AvgIpc) is 3.33. The molecule has 37 heavy (non-hydrogen) atoms. The van der Waals surface area contributed by atoms with Crippen LogP contribution in [0.15, 0.2) is 60.7 Å². The van der Waals surface area contributed by atoms with Crippen LogP contribution in [0.3, 0.4) is 0 Å². The van der Waals surface area contributed by atoms with Crippen LogP contribution < -0.4 is 20.1 Å². The predicted octanol–water partition coefficient (Wildman–Crippen LogP) is 5.54. The van der Waals surface area contributed by atoms with Crippen LogP contribution in [-0.4, -0.2) is 29.5 Å². The topological polar surface area (TPSA) is 103 Å². The molecule has 0 unspecified atom stereocenters. The number of carbonyl (C=O) groups excluding carboxylic acids is 1. The molecule has 3 aromatic carbocycles. The van der Waals surface area contributed by atoms with Gasteiger partial charge in [-0.3, -0.25) is 20.2 Å². The number of carbonyl (C=O) groups is 1. The number of anilines is 1. The Kier molecular flexibility index (Phi) is 6.74. The van der Waals surface area contributed by atoms with Crippen molar-refractivity contribution >= 4 is 34.8 Å². The van der Waals surface area contributed by atoms with Gasteiger partial charge < -0.3 is 14.8 Å². The molecule has 1 fully saturated rings. The van der Waals surface area contributed by atoms with Crippen molar-refractivity contribution in [2.75, 3.05) is 11.9 Å². The lowest BCUT2D eigenvalue weighted by Crippen LogP contribution is -2.54. The molecular formula is C27H25Cl2N3O5. The lowest BCUT2D eigenvalue weighted by molar-refractivity contribution is -0.532. The van der Waals surface area contributed by atoms with E-state index in [1.807, 2.05) is 26.0 Å². The maximum atomic E-state index is 13.3. The first kappa shape index (κ1) is 25.3. The Balaban J connectivity index is 1.54. The minimum atomic E-state index is -1.51. The van der Waals surface area contributed by atoms with Gasteiger partial charge >= 0.3 is 0 Å². The number of fused-ring (bicyclic) bond motifs is 2. The number of rotatable bonds is 7. The van der Waals surface area contributed by atoms with E-state index in [-0.39, 0.29) is 16.6 Å². The molecule has 1 spiro atoms. The Hall–Kier alpha value is -3.33. The molecular weight excluding hydrogens is 517 g/mol. The van der Waals surface area contributed by atoms with Crippen LogP contribution in [0.5, 0.6) is 11.5 Å². The van der Waals surface area contributed by atoms with Crippen LogP contribution in [0.1, 0.15) is 36.5 Å². The highest BCUT2D eigenvalue weighted by atomic mass is 35.5. The molecule has 4 atom stereocenters. The molecule has 10 heteroatoms. The summed E-state index contributed by atoms with van der Waals surface area (Å²) in [5.74, 6) is -0.389. The number of benzene rings is 3. The van der Waals surface area contributed by atoms with Gasteiger partial charge in [0.15, 0.2) is 17.0 Å². The number of para-hydroxylation sites is 1. The third kappa shape index (κ3) is 4.29. The zero-order chi connectivity index (χ0) is 26.3. The molecule has 192 valence electrons. The summed E-state index contributed by atoms with van der Waals surface area (Å²) in [6, 6.07) is 16.0. The van der Waals surface area contributed by atoms with Crippen molar-refractivity contribution < 1.29 is 19.2 Å². The standard InChI is InChI=1S/C27H25Cl2N3O5/c1-3-36-22-13-17(12-20(29)24(22)37-14-16-8-10-18(28)11-9-16)23-15(2)31-27(25(23)32(34)35)19-6-4-5-7-21(19)30-26(27)33/h4-13,15,23,25,31H,3,14H2,1-2H3,(H,30,33)/t15-,23-,25-,27-/m0/s1. The maximum absolute atomic E-state index is 13.3. The van der Waals surface area contributed by atoms with Gasteiger partial charge in [0.2, 0.25) is 0 Å². The monoisotopic (exact) mass is 541 g/mol. The maximum Gasteiger partial charge on any atom is 0.256 e. The number of ether oxygens (including phenoxy) is 2. The van der Waals surface area contributed by atoms with Crippen molar-refractivity contribution in [1.29, 1.82) is 0 Å². The first-order valence-corrected chi connectivity index (χ1v) is 12.7. The lowest BCUT2D eigenvalue weighted by atomic mass is 9.78. The highest BCUT2D eigenvalue weighted by molar-refractivity contribution is 6.32. The first-order chi connectivity index (χ1) is 17.8. The number of nitro groups is 1. The van der Waals surface area contributed by atoms with Crippen molar-refractivity contribution in [2.24, 2.45) is 0 Å². The van der Waals surface area contributed by atoms with E-state index in [0.29, 0.717) is 39.9 Å². The number of hydrogen-bond donors (Lipinski definition) is 2. The van der Waals surface area contributed by atoms with Crippen LogP contribution in [0.2, 0.25) is 10.0 Å². The zero-order valence-corrected chi connectivity index (χ0v) is 21.7. The summed E-state index contributed by atoms with van der Waals surface area (Å²) < 4.78 is 11.9. The van der Waals surface area contributed by atoms with Gasteiger partial charge in [-0.15, -0.1) is 0 Å². The van der Waals surface area contributed by atoms with Crippen molar-refractivity contribution in [3.8, 4) is 11.5 Å². The molecule has 0 saturated carbocycles. The second-order valence-electron chi connectivity index (χ2n) is 9.17. The van der Waals surface area contributed by atoms with Crippen LogP contribution in [0.25, 0.3) is 0 Å². The fraction of sp³-hybridized carbons (Fsp3) is 0.296. The normalized spacial score (nSPS) is 24.1. The molecule has 2 heterocycles. The molecule has 0 radical (unpaired) electrons. The van der Waals surface area contributed by atoms with E-state index in [9.17, 15) is 14.9 Å². The minimum absolute atomic E-state index is 0.231. The van der Waals surface area contributed by atoms with Crippen LogP contribution in [0, 0.1) is 10.1 Å². The number of nitrogens with zero attached hydrogens (tertiary/aromatic N) is 1. The Labute approximate surface area is 224 Å². The predicted molar refractivity (Wildman–Crippen MR) is 141 cm³/mol. The van der Waals surface area contributed by atoms with Crippen molar-refractivity contribution in [3.63, 3.8) is 0 Å². The molecule has 1 saturated heterocycles. The minimum Gasteiger partial charge on any atom is -0.490 e. The number of hydrogen-bond acceptors (Lipinski definition) is 6. The van der Waals surface area contributed by atoms with Crippen LogP contribution in [-0.2, 0) is 16.9 Å². The Bertz CT molecular complexity index is 1370. The van der Waals surface area contributed by atoms with Crippen LogP contribution in [0.4, 0.5) is 5.69 Å². The SMILES string of the molecule is CCOc1cc([C@@H]2[C@H](C)N[C@]3(C(=O)Nc4ccccc43)[C@H]2[N+](=O)[O-])cc(Cl)c1OCc1ccc(Cl)cc1. The average molecular weight is 542 g/mol. The molecule has 3 aromatic rings. The molecule has 0 aliphatic carbocycles. The van der Waals surface area contributed by atoms with E-state index < -0.39 is 29.4 Å². The molecule has 0 aromatic heterocycles. The van der Waals surface area contributed by atoms with Gasteiger partial charge in [0.05, 0.1) is 17.5 Å². The third-order valence-corrected chi connectivity index (χ3v) is 7.51. The summed E-state index contributed by atoms with van der Waals surface area (Å²) in [7, 11) is 0. The van der Waals surface area contributed by atoms with Crippen molar-refractivity contribution in [2.45, 2.75) is 44.0 Å². The molecule has 2 aliphatic rings. The van der Waals surface area contributed by atoms with Gasteiger partial charge in [0.25, 0.3) is 11.9 Å². The zero-order valence-electron chi connectivity index (χ0n) is 20.2. The Morgan fingerprint density at radius 1 is 1.08 bits per heavy atom. The number of halogens is 2. The summed E-state index contributed by atoms with van der Waals surface area (Å²) >= 11 is 12.6. The fourth-order valence-corrected chi connectivity index (χ4v) is 5.87. The lowest BCUT2D eigenvalue weighted by Gasteiger charge is -2.25. The van der Waals surface area contributed by atoms with E-state index in [0.717, 1.165) is 5.56 Å². The summed E-state index contributed by atoms with van der Waals surface area (Å²) in [5.41, 5.74) is 1.10. The summed E-state index contributed by atoms with van der Waals surface area (Å²) in [6.07, 6.45) is 0. The van der Waals surface area contributed by atoms with E-state index in [1.54, 1.807) is 48.5 Å². The molecule has 2 N–H and O–H groups in total. The molecule has 2 aliphatic heterocycles. The van der Waals surface area contributed by atoms with E-state index >= 15 is 0 Å². The highest BCUT2D eigenvalue weighted by Crippen LogP contribution is 2.51. The fourth-order valence-electron chi connectivity index (χ4n) is 5.47. The second kappa shape index (κ2) is 9.85. The second-order valence-corrected chi connectivity index (χ2v) is 10.0. The number of amides is 1. The molecule has 8 nitrogen and oxygen atoms in total. The Morgan fingerprint density at radius 2 is 1.81 bits per heavy atom. The van der Waals surface area contributed by atoms with Gasteiger partial charge in [-0.2, -0.15) is 0 Å². The first-order valence-electron chi connectivity index (χ1n) is 11.9. The van der Waals surface area contributed by atoms with Gasteiger partial charge in [0.1, 0.15) is 6.61 Å². The highest BCUT2D eigenvalue weighted by Gasteiger charge is 2.67. The van der Waals surface area contributed by atoms with E-state index in [2.05, 4.69) is 10.6 Å². The summed E-state index contributed by atoms with van der Waals surface area (Å²) in [6.45, 7) is 4.24. The molecule has 5 rings (SSSR count). The van der Waals surface area contributed by atoms with Gasteiger partial charge in [-0.25, -0.2) is 0 Å². The van der Waals surface area contributed by atoms with Gasteiger partial charge in [-0.05, 0) is 55.3 Å². The van der Waals surface area contributed by atoms with E-state index in [4.69, 9.17) is 32.7 Å². The Morgan fingerprint density at radius 3 is 2.51 bits per heavy atom. The number of nitrogens with one attached hydrogen (secondary N) is 2. The van der Waals surface area contributed by atoms with Crippen molar-refractivity contribution in [3.05, 3.63) is 97.5 Å². The van der Waals surface area contributed by atoms with E-state index in [1.165, 1.54) is 0 Å². The van der Waals surface area contributed by atoms with Crippen molar-refractivity contribution in [1.82, 2.24) is 5.32 Å². The van der Waals surface area contributed by atoms with Crippen LogP contribution >= 0.6 is 23.2 Å². The van der Waals surface area contributed by atoms with Gasteiger partial charge in [0, 0.05) is 27.2 Å². The largest absolute Gasteiger partial charge is 0.490 e. The quantitative estimate of drug-likeness (QED) is 0.300. The van der Waals surface area contributed by atoms with Gasteiger partial charge in [-0.1, -0.05) is 53.5 Å².